The van der Waals surface area contributed by atoms with E-state index in [1.807, 2.05) is 108 Å². The van der Waals surface area contributed by atoms with Gasteiger partial charge in [-0.1, -0.05) is 127 Å². The molecule has 0 aliphatic heterocycles. The van der Waals surface area contributed by atoms with Crippen LogP contribution in [0.1, 0.15) is 0 Å². The summed E-state index contributed by atoms with van der Waals surface area (Å²) in [7, 11) is 0. The van der Waals surface area contributed by atoms with Gasteiger partial charge < -0.3 is 4.57 Å². The van der Waals surface area contributed by atoms with E-state index in [2.05, 4.69) is 106 Å². The fraction of sp³-hybridized carbons (Fsp3) is 0. The Hall–Kier alpha value is -8.09. The predicted octanol–water partition coefficient (Wildman–Crippen LogP) is 12.5. The molecule has 0 unspecified atom stereocenters. The van der Waals surface area contributed by atoms with Crippen molar-refractivity contribution in [2.45, 2.75) is 0 Å². The smallest absolute Gasteiger partial charge is 0.265 e. The third-order valence-electron chi connectivity index (χ3n) is 11.6. The van der Waals surface area contributed by atoms with Crippen molar-refractivity contribution in [1.82, 2.24) is 23.7 Å². The number of benzene rings is 8. The minimum Gasteiger partial charge on any atom is -0.308 e. The lowest BCUT2D eigenvalue weighted by molar-refractivity contribution is 1.06. The number of pyridine rings is 1. The molecule has 0 saturated heterocycles. The van der Waals surface area contributed by atoms with Crippen molar-refractivity contribution in [3.8, 4) is 39.6 Å². The molecule has 12 rings (SSSR count). The Labute approximate surface area is 338 Å². The SMILES string of the molecule is O=c1c2c3cc(-c4ccc5c(c4)c4ccccc4n5-c4nc5ccccc5nc4-c4ccccc4)ccc3n(-c3ccccc3)c2c2ccccc2n1-c1ccccc1. The second-order valence-corrected chi connectivity index (χ2v) is 15.0. The highest BCUT2D eigenvalue weighted by molar-refractivity contribution is 6.19. The molecule has 0 bridgehead atoms. The Morgan fingerprint density at radius 2 is 0.847 bits per heavy atom. The van der Waals surface area contributed by atoms with E-state index < -0.39 is 0 Å². The predicted molar refractivity (Wildman–Crippen MR) is 242 cm³/mol. The van der Waals surface area contributed by atoms with Gasteiger partial charge in [0.15, 0.2) is 5.82 Å². The minimum absolute atomic E-state index is 0.0500. The molecule has 12 aromatic rings. The first-order chi connectivity index (χ1) is 29.2. The summed E-state index contributed by atoms with van der Waals surface area (Å²) in [5.74, 6) is 0.783. The molecule has 8 aromatic carbocycles. The summed E-state index contributed by atoms with van der Waals surface area (Å²) in [6.45, 7) is 0. The molecule has 0 saturated carbocycles. The Balaban J connectivity index is 1.13. The van der Waals surface area contributed by atoms with Gasteiger partial charge in [-0.2, -0.15) is 0 Å². The van der Waals surface area contributed by atoms with Crippen molar-refractivity contribution < 1.29 is 0 Å². The maximum absolute atomic E-state index is 15.1. The van der Waals surface area contributed by atoms with Crippen LogP contribution in [0.5, 0.6) is 0 Å². The number of rotatable bonds is 5. The first-order valence-electron chi connectivity index (χ1n) is 19.8. The van der Waals surface area contributed by atoms with E-state index in [0.717, 1.165) is 99.7 Å². The maximum atomic E-state index is 15.1. The van der Waals surface area contributed by atoms with Crippen LogP contribution in [0.2, 0.25) is 0 Å². The lowest BCUT2D eigenvalue weighted by Gasteiger charge is -2.14. The maximum Gasteiger partial charge on any atom is 0.265 e. The van der Waals surface area contributed by atoms with Crippen LogP contribution >= 0.6 is 0 Å². The summed E-state index contributed by atoms with van der Waals surface area (Å²) in [4.78, 5) is 25.5. The van der Waals surface area contributed by atoms with Gasteiger partial charge in [0.05, 0.1) is 44.0 Å². The van der Waals surface area contributed by atoms with Crippen molar-refractivity contribution in [3.05, 3.63) is 211 Å². The molecule has 0 spiro atoms. The van der Waals surface area contributed by atoms with Gasteiger partial charge in [0.1, 0.15) is 5.69 Å². The van der Waals surface area contributed by atoms with Crippen molar-refractivity contribution in [2.24, 2.45) is 0 Å². The van der Waals surface area contributed by atoms with Gasteiger partial charge in [0.25, 0.3) is 5.56 Å². The van der Waals surface area contributed by atoms with Crippen LogP contribution in [-0.4, -0.2) is 23.7 Å². The van der Waals surface area contributed by atoms with E-state index in [0.29, 0.717) is 5.39 Å². The first-order valence-corrected chi connectivity index (χ1v) is 19.8. The van der Waals surface area contributed by atoms with Gasteiger partial charge >= 0.3 is 0 Å². The highest BCUT2D eigenvalue weighted by atomic mass is 16.1. The van der Waals surface area contributed by atoms with Crippen LogP contribution in [0.25, 0.3) is 105 Å². The Morgan fingerprint density at radius 1 is 0.356 bits per heavy atom. The molecule has 6 heteroatoms. The molecule has 0 N–H and O–H groups in total. The molecule has 0 aliphatic rings. The molecule has 59 heavy (non-hydrogen) atoms. The summed E-state index contributed by atoms with van der Waals surface area (Å²) in [5, 5.41) is 4.83. The van der Waals surface area contributed by atoms with Gasteiger partial charge in [-0.25, -0.2) is 9.97 Å². The summed E-state index contributed by atoms with van der Waals surface area (Å²) in [6, 6.07) is 68.6. The molecular formula is C53H33N5O. The monoisotopic (exact) mass is 755 g/mol. The van der Waals surface area contributed by atoms with Crippen LogP contribution in [-0.2, 0) is 0 Å². The number of hydrogen-bond donors (Lipinski definition) is 0. The Kier molecular flexibility index (Phi) is 7.28. The van der Waals surface area contributed by atoms with Crippen LogP contribution in [0, 0.1) is 0 Å². The molecule has 0 fully saturated rings. The van der Waals surface area contributed by atoms with Crippen LogP contribution in [0.3, 0.4) is 0 Å². The zero-order valence-corrected chi connectivity index (χ0v) is 31.7. The molecule has 276 valence electrons. The number of fused-ring (bicyclic) bond motifs is 9. The third kappa shape index (κ3) is 5.03. The molecule has 4 aromatic heterocycles. The van der Waals surface area contributed by atoms with Crippen molar-refractivity contribution in [2.75, 3.05) is 0 Å². The Morgan fingerprint density at radius 3 is 1.53 bits per heavy atom. The minimum atomic E-state index is -0.0500. The normalized spacial score (nSPS) is 11.8. The molecule has 0 aliphatic carbocycles. The number of nitrogens with zero attached hydrogens (tertiary/aromatic N) is 5. The van der Waals surface area contributed by atoms with Crippen molar-refractivity contribution >= 4 is 65.5 Å². The Bertz CT molecular complexity index is 3680. The topological polar surface area (TPSA) is 57.6 Å². The lowest BCUT2D eigenvalue weighted by atomic mass is 10.0. The van der Waals surface area contributed by atoms with Gasteiger partial charge in [-0.3, -0.25) is 13.9 Å². The standard InChI is InChI=1S/C53H33N5O/c59-53-49-42-33-36(29-31-48(42)56(37-18-6-2-7-19-37)51(49)40-23-11-15-27-46(40)57(53)38-20-8-3-9-21-38)35-28-30-47-41(32-35)39-22-10-14-26-45(39)58(47)52-50(34-16-4-1-5-17-34)54-43-24-12-13-25-44(43)55-52/h1-33H. The highest BCUT2D eigenvalue weighted by Crippen LogP contribution is 2.40. The average Bonchev–Trinajstić information content (AvgIpc) is 3.82. The molecule has 0 atom stereocenters. The van der Waals surface area contributed by atoms with E-state index in [4.69, 9.17) is 9.97 Å². The largest absolute Gasteiger partial charge is 0.308 e. The quantitative estimate of drug-likeness (QED) is 0.176. The van der Waals surface area contributed by atoms with E-state index >= 15 is 4.79 Å². The van der Waals surface area contributed by atoms with Gasteiger partial charge in [-0.05, 0) is 83.9 Å². The summed E-state index contributed by atoms with van der Waals surface area (Å²) >= 11 is 0. The summed E-state index contributed by atoms with van der Waals surface area (Å²) in [6.07, 6.45) is 0. The van der Waals surface area contributed by atoms with Gasteiger partial charge in [-0.15, -0.1) is 0 Å². The molecule has 0 radical (unpaired) electrons. The van der Waals surface area contributed by atoms with E-state index in [1.165, 1.54) is 0 Å². The number of aromatic nitrogens is 5. The zero-order chi connectivity index (χ0) is 39.0. The lowest BCUT2D eigenvalue weighted by Crippen LogP contribution is -2.19. The fourth-order valence-electron chi connectivity index (χ4n) is 9.03. The van der Waals surface area contributed by atoms with E-state index in [9.17, 15) is 0 Å². The third-order valence-corrected chi connectivity index (χ3v) is 11.6. The van der Waals surface area contributed by atoms with Crippen molar-refractivity contribution in [1.29, 1.82) is 0 Å². The summed E-state index contributed by atoms with van der Waals surface area (Å²) in [5.41, 5.74) is 12.2. The van der Waals surface area contributed by atoms with Crippen LogP contribution in [0.4, 0.5) is 0 Å². The van der Waals surface area contributed by atoms with E-state index in [1.54, 1.807) is 0 Å². The molecule has 0 amide bonds. The van der Waals surface area contributed by atoms with Crippen molar-refractivity contribution in [3.63, 3.8) is 0 Å². The van der Waals surface area contributed by atoms with Crippen LogP contribution < -0.4 is 5.56 Å². The number of hydrogen-bond acceptors (Lipinski definition) is 3. The van der Waals surface area contributed by atoms with Crippen LogP contribution in [0.15, 0.2) is 205 Å². The molecular weight excluding hydrogens is 723 g/mol. The fourth-order valence-corrected chi connectivity index (χ4v) is 9.03. The molecule has 6 nitrogen and oxygen atoms in total. The van der Waals surface area contributed by atoms with E-state index in [-0.39, 0.29) is 5.56 Å². The molecule has 4 heterocycles. The average molecular weight is 756 g/mol. The van der Waals surface area contributed by atoms with Gasteiger partial charge in [0.2, 0.25) is 0 Å². The van der Waals surface area contributed by atoms with Gasteiger partial charge in [0, 0.05) is 38.5 Å². The number of para-hydroxylation sites is 6. The summed E-state index contributed by atoms with van der Waals surface area (Å²) < 4.78 is 6.36. The second-order valence-electron chi connectivity index (χ2n) is 15.0. The first kappa shape index (κ1) is 33.1. The second kappa shape index (κ2) is 13.0. The zero-order valence-electron chi connectivity index (χ0n) is 31.7. The highest BCUT2D eigenvalue weighted by Gasteiger charge is 2.23.